The van der Waals surface area contributed by atoms with Crippen LogP contribution in [-0.2, 0) is 37.2 Å². The van der Waals surface area contributed by atoms with E-state index in [-0.39, 0.29) is 5.82 Å². The summed E-state index contributed by atoms with van der Waals surface area (Å²) < 4.78 is 54.1. The van der Waals surface area contributed by atoms with Crippen LogP contribution in [0.3, 0.4) is 0 Å². The maximum atomic E-state index is 14.8. The number of anilines is 1. The van der Waals surface area contributed by atoms with E-state index in [1.165, 1.54) is 12.3 Å². The zero-order valence-electron chi connectivity index (χ0n) is 21.4. The molecule has 1 fully saturated rings. The normalized spacial score (nSPS) is 22.6. The van der Waals surface area contributed by atoms with E-state index in [9.17, 15) is 28.4 Å². The minimum Gasteiger partial charge on any atom is -0.437 e. The fourth-order valence-corrected chi connectivity index (χ4v) is 5.13. The van der Waals surface area contributed by atoms with Crippen LogP contribution in [0.15, 0.2) is 17.1 Å². The molecule has 1 saturated heterocycles. The summed E-state index contributed by atoms with van der Waals surface area (Å²) in [6.45, 7) is 7.38. The number of phosphoric acid groups is 1. The van der Waals surface area contributed by atoms with Gasteiger partial charge in [-0.1, -0.05) is 0 Å². The summed E-state index contributed by atoms with van der Waals surface area (Å²) in [7, 11) is -4.54. The number of nitrogens with zero attached hydrogens (tertiary/aromatic N) is 2. The van der Waals surface area contributed by atoms with Crippen LogP contribution < -0.4 is 11.4 Å². The first-order valence-electron chi connectivity index (χ1n) is 11.1. The van der Waals surface area contributed by atoms with Crippen LogP contribution in [0, 0.1) is 10.8 Å². The number of carbonyl (C=O) groups excluding carboxylic acids is 2. The molecule has 0 spiro atoms. The van der Waals surface area contributed by atoms with E-state index in [4.69, 9.17) is 28.8 Å². The first-order chi connectivity index (χ1) is 16.9. The fraction of sp³-hybridized carbons (Fsp3) is 0.714. The summed E-state index contributed by atoms with van der Waals surface area (Å²) in [4.78, 5) is 39.6. The largest absolute Gasteiger partial charge is 0.480 e. The van der Waals surface area contributed by atoms with E-state index in [1.807, 2.05) is 0 Å². The number of esters is 2. The summed E-state index contributed by atoms with van der Waals surface area (Å²) in [6.07, 6.45) is -2.27. The summed E-state index contributed by atoms with van der Waals surface area (Å²) >= 11 is 0.834. The van der Waals surface area contributed by atoms with Gasteiger partial charge in [0.15, 0.2) is 6.17 Å². The number of rotatable bonds is 10. The number of nitrogen functional groups attached to an aromatic ring is 1. The molecular weight excluding hydrogens is 536 g/mol. The standard InChI is InChI=1S/C21H33FN3O10PS/c1-20(2,3)17(27)31-10-34-36(30,35-11-32-18(28)21(4,5)6)33-9-12-15(26)14(22)16(37-12)25-8-7-13(23)24-19(25)29/h7-8,12,14-16,26H,9-11H2,1-6H3,(H2,23,24,29)/t12-,14+,15-,16-/m1/s1. The SMILES string of the molecule is CC(C)(C)C(=O)OCOP(=O)(OCOC(=O)C(C)(C)C)OC[C@H]1S[C@@H](n2ccc(N)nc2=O)[C@@H](F)[C@@H]1O. The Kier molecular flexibility index (Phi) is 10.3. The molecule has 0 radical (unpaired) electrons. The van der Waals surface area contributed by atoms with Crippen molar-refractivity contribution in [2.75, 3.05) is 25.9 Å². The highest BCUT2D eigenvalue weighted by Crippen LogP contribution is 2.52. The van der Waals surface area contributed by atoms with Crippen molar-refractivity contribution in [1.82, 2.24) is 9.55 Å². The summed E-state index contributed by atoms with van der Waals surface area (Å²) in [6, 6.07) is 1.30. The van der Waals surface area contributed by atoms with E-state index < -0.39 is 79.4 Å². The van der Waals surface area contributed by atoms with Crippen molar-refractivity contribution in [1.29, 1.82) is 0 Å². The number of alkyl halides is 1. The molecule has 210 valence electrons. The van der Waals surface area contributed by atoms with E-state index in [2.05, 4.69) is 4.98 Å². The van der Waals surface area contributed by atoms with Crippen molar-refractivity contribution in [3.05, 3.63) is 22.7 Å². The van der Waals surface area contributed by atoms with Gasteiger partial charge >= 0.3 is 25.5 Å². The molecule has 2 rings (SSSR count). The fourth-order valence-electron chi connectivity index (χ4n) is 2.68. The number of hydrogen-bond acceptors (Lipinski definition) is 13. The predicted molar refractivity (Wildman–Crippen MR) is 131 cm³/mol. The van der Waals surface area contributed by atoms with E-state index >= 15 is 0 Å². The first-order valence-corrected chi connectivity index (χ1v) is 13.6. The molecule has 4 atom stereocenters. The third-order valence-corrected chi connectivity index (χ3v) is 7.68. The van der Waals surface area contributed by atoms with Gasteiger partial charge in [-0.05, 0) is 47.6 Å². The zero-order valence-corrected chi connectivity index (χ0v) is 23.1. The van der Waals surface area contributed by atoms with Crippen LogP contribution in [0.25, 0.3) is 0 Å². The quantitative estimate of drug-likeness (QED) is 0.239. The van der Waals surface area contributed by atoms with Gasteiger partial charge in [-0.2, -0.15) is 4.98 Å². The maximum absolute atomic E-state index is 14.8. The Balaban J connectivity index is 2.08. The Morgan fingerprint density at radius 2 is 1.62 bits per heavy atom. The number of thioether (sulfide) groups is 1. The lowest BCUT2D eigenvalue weighted by Gasteiger charge is -2.22. The average Bonchev–Trinajstić information content (AvgIpc) is 3.05. The van der Waals surface area contributed by atoms with Crippen molar-refractivity contribution in [2.45, 2.75) is 64.4 Å². The van der Waals surface area contributed by atoms with Crippen molar-refractivity contribution in [2.24, 2.45) is 10.8 Å². The van der Waals surface area contributed by atoms with Gasteiger partial charge in [-0.25, -0.2) is 22.8 Å². The van der Waals surface area contributed by atoms with Gasteiger partial charge in [0.05, 0.1) is 22.7 Å². The number of aliphatic hydroxyl groups excluding tert-OH is 1. The van der Waals surface area contributed by atoms with Gasteiger partial charge in [0, 0.05) is 6.20 Å². The van der Waals surface area contributed by atoms with E-state index in [1.54, 1.807) is 41.5 Å². The molecule has 0 saturated carbocycles. The van der Waals surface area contributed by atoms with Crippen LogP contribution in [-0.4, -0.2) is 64.3 Å². The van der Waals surface area contributed by atoms with E-state index in [0.29, 0.717) is 0 Å². The van der Waals surface area contributed by atoms with Crippen LogP contribution >= 0.6 is 19.6 Å². The molecule has 0 aliphatic carbocycles. The Morgan fingerprint density at radius 1 is 1.11 bits per heavy atom. The number of ether oxygens (including phenoxy) is 2. The molecule has 1 aromatic rings. The van der Waals surface area contributed by atoms with Crippen molar-refractivity contribution >= 4 is 37.3 Å². The molecular formula is C21H33FN3O10PS. The molecule has 0 bridgehead atoms. The monoisotopic (exact) mass is 569 g/mol. The van der Waals surface area contributed by atoms with Crippen molar-refractivity contribution < 1.29 is 46.7 Å². The Hall–Kier alpha value is -2.03. The Bertz CT molecular complexity index is 1040. The molecule has 1 aromatic heterocycles. The van der Waals surface area contributed by atoms with Gasteiger partial charge in [-0.15, -0.1) is 11.8 Å². The van der Waals surface area contributed by atoms with Gasteiger partial charge in [0.25, 0.3) is 0 Å². The van der Waals surface area contributed by atoms with Gasteiger partial charge in [-0.3, -0.25) is 18.7 Å². The topological polar surface area (TPSA) is 178 Å². The number of hydrogen-bond donors (Lipinski definition) is 2. The molecule has 0 unspecified atom stereocenters. The van der Waals surface area contributed by atoms with Gasteiger partial charge < -0.3 is 20.3 Å². The third kappa shape index (κ3) is 8.76. The number of nitrogens with two attached hydrogens (primary N) is 1. The lowest BCUT2D eigenvalue weighted by molar-refractivity contribution is -0.163. The van der Waals surface area contributed by atoms with Crippen LogP contribution in [0.1, 0.15) is 46.9 Å². The number of aliphatic hydroxyl groups is 1. The van der Waals surface area contributed by atoms with Crippen LogP contribution in [0.2, 0.25) is 0 Å². The summed E-state index contributed by atoms with van der Waals surface area (Å²) in [5.74, 6) is -1.37. The first kappa shape index (κ1) is 31.2. The second-order valence-corrected chi connectivity index (χ2v) is 13.2. The summed E-state index contributed by atoms with van der Waals surface area (Å²) in [5, 5.41) is 8.19. The minimum absolute atomic E-state index is 0.0466. The van der Waals surface area contributed by atoms with Crippen molar-refractivity contribution in [3.8, 4) is 0 Å². The zero-order chi connectivity index (χ0) is 28.2. The number of carbonyl (C=O) groups is 2. The maximum Gasteiger partial charge on any atom is 0.480 e. The summed E-state index contributed by atoms with van der Waals surface area (Å²) in [5.41, 5.74) is 2.90. The minimum atomic E-state index is -4.54. The van der Waals surface area contributed by atoms with Gasteiger partial charge in [0.2, 0.25) is 13.6 Å². The average molecular weight is 570 g/mol. The second-order valence-electron chi connectivity index (χ2n) is 10.1. The van der Waals surface area contributed by atoms with Gasteiger partial charge in [0.1, 0.15) is 17.3 Å². The van der Waals surface area contributed by atoms with Crippen LogP contribution in [0.4, 0.5) is 10.2 Å². The molecule has 1 aliphatic heterocycles. The molecule has 0 amide bonds. The molecule has 1 aliphatic rings. The van der Waals surface area contributed by atoms with Crippen molar-refractivity contribution in [3.63, 3.8) is 0 Å². The number of halogens is 1. The van der Waals surface area contributed by atoms with Crippen LogP contribution in [0.5, 0.6) is 0 Å². The molecule has 13 nitrogen and oxygen atoms in total. The molecule has 3 N–H and O–H groups in total. The Morgan fingerprint density at radius 3 is 2.08 bits per heavy atom. The third-order valence-electron chi connectivity index (χ3n) is 4.84. The number of aromatic nitrogens is 2. The molecule has 37 heavy (non-hydrogen) atoms. The highest BCUT2D eigenvalue weighted by Gasteiger charge is 2.46. The van der Waals surface area contributed by atoms with E-state index in [0.717, 1.165) is 16.3 Å². The lowest BCUT2D eigenvalue weighted by atomic mass is 9.98. The molecule has 16 heteroatoms. The lowest BCUT2D eigenvalue weighted by Crippen LogP contribution is -2.33. The smallest absolute Gasteiger partial charge is 0.437 e. The second kappa shape index (κ2) is 12.2. The number of phosphoric ester groups is 1. The molecule has 2 heterocycles. The predicted octanol–water partition coefficient (Wildman–Crippen LogP) is 2.39. The molecule has 0 aromatic carbocycles. The highest BCUT2D eigenvalue weighted by molar-refractivity contribution is 8.00. The highest BCUT2D eigenvalue weighted by atomic mass is 32.2. The Labute approximate surface area is 217 Å².